The molecule has 0 saturated heterocycles. The van der Waals surface area contributed by atoms with Crippen LogP contribution in [0.1, 0.15) is 0 Å². The van der Waals surface area contributed by atoms with Gasteiger partial charge in [0.05, 0.1) is 24.8 Å². The Bertz CT molecular complexity index is 4720. The molecule has 16 nitrogen and oxygen atoms in total. The van der Waals surface area contributed by atoms with E-state index in [1.54, 1.807) is 25.3 Å². The molecule has 396 valence electrons. The number of benzene rings is 8. The lowest BCUT2D eigenvalue weighted by Gasteiger charge is -2.29. The Morgan fingerprint density at radius 3 is 0.729 bits per heavy atom. The second kappa shape index (κ2) is 18.1. The Kier molecular flexibility index (Phi) is 9.98. The predicted molar refractivity (Wildman–Crippen MR) is 331 cm³/mol. The summed E-state index contributed by atoms with van der Waals surface area (Å²) in [6, 6.07) is 68.9. The molecule has 1 spiro atoms. The van der Waals surface area contributed by atoms with E-state index in [2.05, 4.69) is 160 Å². The Morgan fingerprint density at radius 2 is 0.494 bits per heavy atom. The summed E-state index contributed by atoms with van der Waals surface area (Å²) < 4.78 is 8.68. The van der Waals surface area contributed by atoms with Crippen LogP contribution in [0.3, 0.4) is 0 Å². The number of para-hydroxylation sites is 4. The number of hydrogen-bond donors (Lipinski definition) is 0. The second-order valence-corrected chi connectivity index (χ2v) is 24.8. The number of fused-ring (bicyclic) bond motifs is 14. The molecule has 0 amide bonds. The molecular weight excluding hydrogens is 1070 g/mol. The van der Waals surface area contributed by atoms with E-state index in [-0.39, 0.29) is 0 Å². The number of imidazole rings is 4. The van der Waals surface area contributed by atoms with Crippen LogP contribution >= 0.6 is 0 Å². The summed E-state index contributed by atoms with van der Waals surface area (Å²) in [6.45, 7) is 0. The van der Waals surface area contributed by atoms with E-state index in [9.17, 15) is 0 Å². The fraction of sp³-hybridized carbons (Fsp3) is 0. The maximum Gasteiger partial charge on any atom is 0.182 e. The Labute approximate surface area is 483 Å². The largest absolute Gasteiger partial charge is 0.289 e. The summed E-state index contributed by atoms with van der Waals surface area (Å²) in [5.41, 5.74) is 17.7. The van der Waals surface area contributed by atoms with Crippen LogP contribution in [-0.4, -0.2) is 86.2 Å². The van der Waals surface area contributed by atoms with Crippen LogP contribution in [0.2, 0.25) is 0 Å². The van der Waals surface area contributed by atoms with Gasteiger partial charge < -0.3 is 0 Å². The number of nitrogens with zero attached hydrogens (tertiary/aromatic N) is 16. The maximum absolute atomic E-state index is 5.34. The van der Waals surface area contributed by atoms with Gasteiger partial charge in [0.25, 0.3) is 0 Å². The van der Waals surface area contributed by atoms with Crippen LogP contribution in [0.4, 0.5) is 0 Å². The van der Waals surface area contributed by atoms with Gasteiger partial charge in [-0.15, -0.1) is 0 Å². The van der Waals surface area contributed by atoms with E-state index in [1.807, 2.05) is 97.6 Å². The molecule has 0 aliphatic carbocycles. The van der Waals surface area contributed by atoms with E-state index >= 15 is 0 Å². The van der Waals surface area contributed by atoms with Crippen LogP contribution in [0.15, 0.2) is 244 Å². The van der Waals surface area contributed by atoms with Crippen LogP contribution in [0.25, 0.3) is 135 Å². The van der Waals surface area contributed by atoms with Gasteiger partial charge in [-0.1, -0.05) is 146 Å². The molecule has 0 saturated carbocycles. The van der Waals surface area contributed by atoms with Crippen molar-refractivity contribution in [2.45, 2.75) is 0 Å². The van der Waals surface area contributed by atoms with Crippen molar-refractivity contribution in [2.24, 2.45) is 0 Å². The number of rotatable bonds is 8. The first-order valence-corrected chi connectivity index (χ1v) is 29.7. The quantitative estimate of drug-likeness (QED) is 0.132. The van der Waals surface area contributed by atoms with Crippen LogP contribution in [0.5, 0.6) is 0 Å². The summed E-state index contributed by atoms with van der Waals surface area (Å²) in [6.07, 6.45) is 13.6. The SMILES string of the molecule is c1ccc(-n2c(-c3ccc4c(c3)[Si]3(c5cc(-c6nc7ncncc7n6-c6ccccc6)ccc5-4)c4cc(-c5nc6ncncc6n5-c5ccccc5)ccc4-c4ccc(-c5nc6ncncc6n5-c5ccccc5)cc43)nc3ncncc32)cc1. The lowest BCUT2D eigenvalue weighted by atomic mass is 10.0. The third kappa shape index (κ3) is 6.83. The van der Waals surface area contributed by atoms with E-state index < -0.39 is 8.07 Å². The standard InChI is InChI=1S/C68H40N16Si/c1-5-13-45(14-6-1)81-53-33-69-37-73-61(53)77-65(81)41-21-25-49-50-26-22-42(66-78-62-54(34-70-38-74-62)82(66)46-15-7-2-8-16-46)30-58(50)85(57(49)29-41)59-31-43(67-79-63-55(35-71-39-75-63)83(67)47-17-9-3-10-18-47)23-27-51(59)52-28-24-44(32-60(52)85)68-80-64-56(36-72-40-76-64)84(68)48-19-11-4-12-20-48/h1-40H. The molecule has 0 fully saturated rings. The minimum atomic E-state index is -3.61. The van der Waals surface area contributed by atoms with Crippen LogP contribution in [0, 0.1) is 0 Å². The maximum atomic E-state index is 5.34. The van der Waals surface area contributed by atoms with Gasteiger partial charge in [-0.2, -0.15) is 0 Å². The van der Waals surface area contributed by atoms with Gasteiger partial charge >= 0.3 is 0 Å². The normalized spacial score (nSPS) is 12.8. The third-order valence-corrected chi connectivity index (χ3v) is 21.6. The van der Waals surface area contributed by atoms with Gasteiger partial charge in [-0.25, -0.2) is 59.8 Å². The first kappa shape index (κ1) is 46.9. The van der Waals surface area contributed by atoms with Crippen molar-refractivity contribution in [3.63, 3.8) is 0 Å². The van der Waals surface area contributed by atoms with Gasteiger partial charge in [0.15, 0.2) is 30.7 Å². The van der Waals surface area contributed by atoms with Crippen molar-refractivity contribution < 1.29 is 0 Å². The van der Waals surface area contributed by atoms with Gasteiger partial charge in [0, 0.05) is 45.0 Å². The van der Waals surface area contributed by atoms with Crippen LogP contribution in [-0.2, 0) is 0 Å². The van der Waals surface area contributed by atoms with Crippen molar-refractivity contribution in [1.29, 1.82) is 0 Å². The molecule has 18 rings (SSSR count). The van der Waals surface area contributed by atoms with Crippen molar-refractivity contribution in [3.05, 3.63) is 244 Å². The number of hydrogen-bond acceptors (Lipinski definition) is 12. The smallest absolute Gasteiger partial charge is 0.182 e. The zero-order chi connectivity index (χ0) is 55.7. The molecule has 10 heterocycles. The van der Waals surface area contributed by atoms with E-state index in [0.717, 1.165) is 113 Å². The Hall–Kier alpha value is -11.8. The predicted octanol–water partition coefficient (Wildman–Crippen LogP) is 10.2. The van der Waals surface area contributed by atoms with E-state index in [1.165, 1.54) is 20.7 Å². The Balaban J connectivity index is 0.968. The number of aromatic nitrogens is 16. The summed E-state index contributed by atoms with van der Waals surface area (Å²) in [5, 5.41) is 4.82. The third-order valence-electron chi connectivity index (χ3n) is 16.7. The minimum Gasteiger partial charge on any atom is -0.289 e. The van der Waals surface area contributed by atoms with Gasteiger partial charge in [0.2, 0.25) is 0 Å². The highest BCUT2D eigenvalue weighted by Crippen LogP contribution is 2.43. The average molecular weight is 1110 g/mol. The Morgan fingerprint density at radius 1 is 0.259 bits per heavy atom. The second-order valence-electron chi connectivity index (χ2n) is 21.1. The molecule has 0 N–H and O–H groups in total. The zero-order valence-electron chi connectivity index (χ0n) is 44.7. The molecule has 8 aromatic heterocycles. The van der Waals surface area contributed by atoms with Crippen molar-refractivity contribution in [2.75, 3.05) is 0 Å². The van der Waals surface area contributed by atoms with Crippen molar-refractivity contribution in [3.8, 4) is 90.6 Å². The highest BCUT2D eigenvalue weighted by atomic mass is 28.3. The highest BCUT2D eigenvalue weighted by Gasteiger charge is 2.55. The van der Waals surface area contributed by atoms with Gasteiger partial charge in [-0.05, 0) is 91.5 Å². The molecule has 16 aromatic rings. The summed E-state index contributed by atoms with van der Waals surface area (Å²) in [7, 11) is -3.61. The lowest BCUT2D eigenvalue weighted by Crippen LogP contribution is -2.70. The fourth-order valence-electron chi connectivity index (χ4n) is 13.2. The molecular formula is C68H40N16Si. The first-order valence-electron chi connectivity index (χ1n) is 27.7. The van der Waals surface area contributed by atoms with Crippen molar-refractivity contribution in [1.82, 2.24) is 78.1 Å². The average Bonchev–Trinajstić information content (AvgIpc) is 1.53. The minimum absolute atomic E-state index is 0.600. The molecule has 0 bridgehead atoms. The van der Waals surface area contributed by atoms with Crippen molar-refractivity contribution >= 4 is 73.5 Å². The summed E-state index contributed by atoms with van der Waals surface area (Å²) >= 11 is 0. The molecule has 8 aromatic carbocycles. The molecule has 2 aliphatic heterocycles. The first-order chi connectivity index (χ1) is 42.2. The molecule has 2 aliphatic rings. The molecule has 0 atom stereocenters. The zero-order valence-corrected chi connectivity index (χ0v) is 45.7. The van der Waals surface area contributed by atoms with Gasteiger partial charge in [0.1, 0.15) is 70.7 Å². The molecule has 85 heavy (non-hydrogen) atoms. The van der Waals surface area contributed by atoms with Gasteiger partial charge in [-0.3, -0.25) is 18.3 Å². The molecule has 0 radical (unpaired) electrons. The molecule has 0 unspecified atom stereocenters. The van der Waals surface area contributed by atoms with Crippen LogP contribution < -0.4 is 20.7 Å². The van der Waals surface area contributed by atoms with E-state index in [4.69, 9.17) is 39.9 Å². The summed E-state index contributed by atoms with van der Waals surface area (Å²) in [4.78, 5) is 58.2. The van der Waals surface area contributed by atoms with E-state index in [0.29, 0.717) is 22.6 Å². The fourth-order valence-corrected chi connectivity index (χ4v) is 18.9. The summed E-state index contributed by atoms with van der Waals surface area (Å²) in [5.74, 6) is 3.00. The molecule has 17 heteroatoms. The highest BCUT2D eigenvalue weighted by molar-refractivity contribution is 7.24. The topological polar surface area (TPSA) is 174 Å². The monoisotopic (exact) mass is 1110 g/mol. The lowest BCUT2D eigenvalue weighted by molar-refractivity contribution is 1.10.